The maximum atomic E-state index is 12.8. The first-order chi connectivity index (χ1) is 13.6. The SMILES string of the molecule is Cc1cccc(Oc2nccnc2[C@H]2CCCN(C(=O)c3cnn(C)c3)C2)c1. The molecule has 144 valence electrons. The molecule has 0 saturated carbocycles. The summed E-state index contributed by atoms with van der Waals surface area (Å²) in [5.41, 5.74) is 2.53. The second-order valence-corrected chi connectivity index (χ2v) is 7.16. The summed E-state index contributed by atoms with van der Waals surface area (Å²) < 4.78 is 7.68. The van der Waals surface area contributed by atoms with Crippen LogP contribution in [0, 0.1) is 6.92 Å². The molecule has 1 atom stereocenters. The van der Waals surface area contributed by atoms with E-state index in [1.807, 2.05) is 43.1 Å². The third-order valence-corrected chi connectivity index (χ3v) is 4.94. The Kier molecular flexibility index (Phi) is 5.06. The van der Waals surface area contributed by atoms with E-state index < -0.39 is 0 Å². The van der Waals surface area contributed by atoms with E-state index >= 15 is 0 Å². The maximum absolute atomic E-state index is 12.8. The number of hydrogen-bond acceptors (Lipinski definition) is 5. The summed E-state index contributed by atoms with van der Waals surface area (Å²) in [5, 5.41) is 4.10. The monoisotopic (exact) mass is 377 g/mol. The lowest BCUT2D eigenvalue weighted by Gasteiger charge is -2.32. The number of rotatable bonds is 4. The van der Waals surface area contributed by atoms with Gasteiger partial charge in [0.15, 0.2) is 0 Å². The van der Waals surface area contributed by atoms with Gasteiger partial charge in [-0.3, -0.25) is 14.5 Å². The van der Waals surface area contributed by atoms with Crippen LogP contribution in [0.5, 0.6) is 11.6 Å². The molecular formula is C21H23N5O2. The first kappa shape index (κ1) is 18.2. The topological polar surface area (TPSA) is 73.1 Å². The first-order valence-electron chi connectivity index (χ1n) is 9.43. The molecule has 0 bridgehead atoms. The van der Waals surface area contributed by atoms with Crippen molar-refractivity contribution in [3.05, 3.63) is 65.9 Å². The molecule has 0 radical (unpaired) electrons. The van der Waals surface area contributed by atoms with E-state index in [0.29, 0.717) is 18.0 Å². The molecule has 2 aromatic heterocycles. The molecule has 7 nitrogen and oxygen atoms in total. The van der Waals surface area contributed by atoms with Gasteiger partial charge in [-0.15, -0.1) is 0 Å². The Bertz CT molecular complexity index is 984. The molecular weight excluding hydrogens is 354 g/mol. The molecule has 7 heteroatoms. The lowest BCUT2D eigenvalue weighted by Crippen LogP contribution is -2.39. The average molecular weight is 377 g/mol. The van der Waals surface area contributed by atoms with Crippen LogP contribution < -0.4 is 4.74 Å². The van der Waals surface area contributed by atoms with Crippen molar-refractivity contribution in [3.63, 3.8) is 0 Å². The third kappa shape index (κ3) is 3.88. The highest BCUT2D eigenvalue weighted by Gasteiger charge is 2.29. The van der Waals surface area contributed by atoms with Crippen molar-refractivity contribution in [1.82, 2.24) is 24.6 Å². The number of likely N-dealkylation sites (tertiary alicyclic amines) is 1. The molecule has 28 heavy (non-hydrogen) atoms. The van der Waals surface area contributed by atoms with E-state index in [2.05, 4.69) is 15.1 Å². The fourth-order valence-corrected chi connectivity index (χ4v) is 3.58. The molecule has 1 amide bonds. The van der Waals surface area contributed by atoms with Gasteiger partial charge in [-0.1, -0.05) is 12.1 Å². The molecule has 0 N–H and O–H groups in total. The second-order valence-electron chi connectivity index (χ2n) is 7.16. The summed E-state index contributed by atoms with van der Waals surface area (Å²) in [5.74, 6) is 1.33. The minimum atomic E-state index is 0.00263. The van der Waals surface area contributed by atoms with E-state index in [1.54, 1.807) is 29.5 Å². The average Bonchev–Trinajstić information content (AvgIpc) is 3.14. The predicted molar refractivity (Wildman–Crippen MR) is 104 cm³/mol. The van der Waals surface area contributed by atoms with Crippen LogP contribution in [0.2, 0.25) is 0 Å². The Balaban J connectivity index is 1.54. The normalized spacial score (nSPS) is 16.8. The maximum Gasteiger partial charge on any atom is 0.257 e. The van der Waals surface area contributed by atoms with Gasteiger partial charge in [0.1, 0.15) is 11.4 Å². The zero-order chi connectivity index (χ0) is 19.5. The van der Waals surface area contributed by atoms with E-state index in [9.17, 15) is 4.79 Å². The minimum Gasteiger partial charge on any atom is -0.437 e. The van der Waals surface area contributed by atoms with Crippen molar-refractivity contribution in [1.29, 1.82) is 0 Å². The summed E-state index contributed by atoms with van der Waals surface area (Å²) in [7, 11) is 1.81. The number of aryl methyl sites for hydroxylation is 2. The number of aromatic nitrogens is 4. The molecule has 0 aliphatic carbocycles. The minimum absolute atomic E-state index is 0.00263. The fourth-order valence-electron chi connectivity index (χ4n) is 3.58. The fraction of sp³-hybridized carbons (Fsp3) is 0.333. The Morgan fingerprint density at radius 3 is 2.89 bits per heavy atom. The molecule has 3 heterocycles. The van der Waals surface area contributed by atoms with Gasteiger partial charge in [0.2, 0.25) is 5.88 Å². The van der Waals surface area contributed by atoms with Crippen LogP contribution in [0.3, 0.4) is 0 Å². The zero-order valence-electron chi connectivity index (χ0n) is 16.1. The second kappa shape index (κ2) is 7.80. The van der Waals surface area contributed by atoms with E-state index in [-0.39, 0.29) is 11.8 Å². The summed E-state index contributed by atoms with van der Waals surface area (Å²) >= 11 is 0. The number of carbonyl (C=O) groups excluding carboxylic acids is 1. The number of nitrogens with zero attached hydrogens (tertiary/aromatic N) is 5. The number of benzene rings is 1. The van der Waals surface area contributed by atoms with E-state index in [1.165, 1.54) is 0 Å². The highest BCUT2D eigenvalue weighted by molar-refractivity contribution is 5.93. The number of piperidine rings is 1. The number of amides is 1. The van der Waals surface area contributed by atoms with Crippen molar-refractivity contribution in [3.8, 4) is 11.6 Å². The standard InChI is InChI=1S/C21H23N5O2/c1-15-5-3-7-18(11-15)28-20-19(22-8-9-23-20)16-6-4-10-26(14-16)21(27)17-12-24-25(2)13-17/h3,5,7-9,11-13,16H,4,6,10,14H2,1-2H3/t16-/m0/s1. The van der Waals surface area contributed by atoms with Crippen molar-refractivity contribution >= 4 is 5.91 Å². The third-order valence-electron chi connectivity index (χ3n) is 4.94. The molecule has 1 aliphatic rings. The van der Waals surface area contributed by atoms with Gasteiger partial charge in [0.25, 0.3) is 5.91 Å². The van der Waals surface area contributed by atoms with Gasteiger partial charge in [-0.25, -0.2) is 4.98 Å². The van der Waals surface area contributed by atoms with E-state index in [4.69, 9.17) is 4.74 Å². The van der Waals surface area contributed by atoms with Crippen molar-refractivity contribution in [2.45, 2.75) is 25.7 Å². The van der Waals surface area contributed by atoms with Crippen LogP contribution in [0.1, 0.15) is 40.4 Å². The van der Waals surface area contributed by atoms with Crippen LogP contribution in [-0.2, 0) is 7.05 Å². The van der Waals surface area contributed by atoms with Crippen LogP contribution in [-0.4, -0.2) is 43.6 Å². The molecule has 1 aliphatic heterocycles. The highest BCUT2D eigenvalue weighted by atomic mass is 16.5. The molecule has 3 aromatic rings. The molecule has 1 aromatic carbocycles. The van der Waals surface area contributed by atoms with Gasteiger partial charge in [-0.2, -0.15) is 5.10 Å². The van der Waals surface area contributed by atoms with Crippen LogP contribution in [0.25, 0.3) is 0 Å². The predicted octanol–water partition coefficient (Wildman–Crippen LogP) is 3.33. The van der Waals surface area contributed by atoms with Gasteiger partial charge < -0.3 is 9.64 Å². The van der Waals surface area contributed by atoms with Crippen LogP contribution >= 0.6 is 0 Å². The van der Waals surface area contributed by atoms with Gasteiger partial charge in [0.05, 0.1) is 11.8 Å². The lowest BCUT2D eigenvalue weighted by atomic mass is 9.94. The Hall–Kier alpha value is -3.22. The number of hydrogen-bond donors (Lipinski definition) is 0. The van der Waals surface area contributed by atoms with Crippen molar-refractivity contribution in [2.75, 3.05) is 13.1 Å². The van der Waals surface area contributed by atoms with Crippen LogP contribution in [0.4, 0.5) is 0 Å². The Morgan fingerprint density at radius 2 is 2.11 bits per heavy atom. The quantitative estimate of drug-likeness (QED) is 0.697. The molecule has 0 unspecified atom stereocenters. The van der Waals surface area contributed by atoms with Crippen molar-refractivity contribution in [2.24, 2.45) is 7.05 Å². The zero-order valence-corrected chi connectivity index (χ0v) is 16.1. The van der Waals surface area contributed by atoms with Crippen LogP contribution in [0.15, 0.2) is 49.1 Å². The summed E-state index contributed by atoms with van der Waals surface area (Å²) in [6.45, 7) is 3.35. The Morgan fingerprint density at radius 1 is 1.25 bits per heavy atom. The summed E-state index contributed by atoms with van der Waals surface area (Å²) in [4.78, 5) is 23.6. The smallest absolute Gasteiger partial charge is 0.257 e. The van der Waals surface area contributed by atoms with Gasteiger partial charge >= 0.3 is 0 Å². The first-order valence-corrected chi connectivity index (χ1v) is 9.43. The summed E-state index contributed by atoms with van der Waals surface area (Å²) in [6.07, 6.45) is 8.54. The summed E-state index contributed by atoms with van der Waals surface area (Å²) in [6, 6.07) is 7.85. The Labute approximate surface area is 164 Å². The lowest BCUT2D eigenvalue weighted by molar-refractivity contribution is 0.0704. The molecule has 0 spiro atoms. The van der Waals surface area contributed by atoms with Crippen molar-refractivity contribution < 1.29 is 9.53 Å². The van der Waals surface area contributed by atoms with Gasteiger partial charge in [-0.05, 0) is 37.5 Å². The number of carbonyl (C=O) groups is 1. The molecule has 4 rings (SSSR count). The highest BCUT2D eigenvalue weighted by Crippen LogP contribution is 2.33. The van der Waals surface area contributed by atoms with E-state index in [0.717, 1.165) is 36.4 Å². The largest absolute Gasteiger partial charge is 0.437 e. The number of ether oxygens (including phenoxy) is 1. The van der Waals surface area contributed by atoms with Gasteiger partial charge in [0, 0.05) is 44.6 Å². The molecule has 1 saturated heterocycles. The molecule has 1 fully saturated rings.